The van der Waals surface area contributed by atoms with Crippen LogP contribution in [0.25, 0.3) is 5.76 Å². The average Bonchev–Trinajstić information content (AvgIpc) is 2.96. The molecule has 0 aliphatic carbocycles. The van der Waals surface area contributed by atoms with Crippen molar-refractivity contribution in [3.63, 3.8) is 0 Å². The molecule has 7 nitrogen and oxygen atoms in total. The van der Waals surface area contributed by atoms with E-state index in [2.05, 4.69) is 0 Å². The highest BCUT2D eigenvalue weighted by molar-refractivity contribution is 6.46. The fraction of sp³-hybridized carbons (Fsp3) is 0.238. The van der Waals surface area contributed by atoms with Crippen LogP contribution in [0.2, 0.25) is 0 Å². The fourth-order valence-corrected chi connectivity index (χ4v) is 3.26. The van der Waals surface area contributed by atoms with Gasteiger partial charge in [0, 0.05) is 12.6 Å². The third kappa shape index (κ3) is 3.15. The summed E-state index contributed by atoms with van der Waals surface area (Å²) in [5, 5.41) is 10.9. The van der Waals surface area contributed by atoms with Crippen molar-refractivity contribution < 1.29 is 28.9 Å². The molecule has 1 N–H and O–H groups in total. The van der Waals surface area contributed by atoms with Gasteiger partial charge in [0.15, 0.2) is 11.5 Å². The Labute approximate surface area is 162 Å². The van der Waals surface area contributed by atoms with E-state index in [4.69, 9.17) is 14.2 Å². The number of ketones is 1. The molecule has 0 saturated carbocycles. The Morgan fingerprint density at radius 2 is 1.57 bits per heavy atom. The second kappa shape index (κ2) is 7.64. The van der Waals surface area contributed by atoms with Crippen LogP contribution in [-0.2, 0) is 9.59 Å². The summed E-state index contributed by atoms with van der Waals surface area (Å²) >= 11 is 0. The normalized spacial score (nSPS) is 18.3. The van der Waals surface area contributed by atoms with Crippen LogP contribution >= 0.6 is 0 Å². The van der Waals surface area contributed by atoms with Gasteiger partial charge in [-0.25, -0.2) is 0 Å². The van der Waals surface area contributed by atoms with Crippen LogP contribution in [0.1, 0.15) is 17.2 Å². The summed E-state index contributed by atoms with van der Waals surface area (Å²) in [4.78, 5) is 26.3. The van der Waals surface area contributed by atoms with Gasteiger partial charge >= 0.3 is 0 Å². The summed E-state index contributed by atoms with van der Waals surface area (Å²) < 4.78 is 15.6. The van der Waals surface area contributed by atoms with Crippen LogP contribution < -0.4 is 14.2 Å². The highest BCUT2D eigenvalue weighted by Crippen LogP contribution is 2.40. The van der Waals surface area contributed by atoms with E-state index >= 15 is 0 Å². The average molecular weight is 383 g/mol. The molecule has 1 fully saturated rings. The van der Waals surface area contributed by atoms with Gasteiger partial charge in [0.2, 0.25) is 0 Å². The Bertz CT molecular complexity index is 948. The first kappa shape index (κ1) is 19.3. The molecular weight excluding hydrogens is 362 g/mol. The number of rotatable bonds is 5. The quantitative estimate of drug-likeness (QED) is 0.485. The number of methoxy groups -OCH3 is 3. The summed E-state index contributed by atoms with van der Waals surface area (Å²) in [6.45, 7) is 0. The zero-order valence-electron chi connectivity index (χ0n) is 16.1. The molecule has 1 atom stereocenters. The number of carbonyl (C=O) groups excluding carboxylic acids is 2. The van der Waals surface area contributed by atoms with Gasteiger partial charge in [-0.05, 0) is 35.9 Å². The lowest BCUT2D eigenvalue weighted by atomic mass is 9.95. The molecule has 3 rings (SSSR count). The van der Waals surface area contributed by atoms with E-state index in [1.807, 2.05) is 0 Å². The number of hydrogen-bond acceptors (Lipinski definition) is 6. The minimum absolute atomic E-state index is 0.0184. The van der Waals surface area contributed by atoms with Crippen molar-refractivity contribution in [2.24, 2.45) is 0 Å². The van der Waals surface area contributed by atoms with E-state index in [9.17, 15) is 14.7 Å². The number of likely N-dealkylation sites (N-methyl/N-ethyl adjacent to an activating group) is 1. The van der Waals surface area contributed by atoms with Gasteiger partial charge in [-0.15, -0.1) is 0 Å². The van der Waals surface area contributed by atoms with E-state index in [0.717, 1.165) is 0 Å². The Morgan fingerprint density at radius 1 is 0.929 bits per heavy atom. The molecule has 0 spiro atoms. The molecule has 0 radical (unpaired) electrons. The van der Waals surface area contributed by atoms with Gasteiger partial charge < -0.3 is 24.2 Å². The predicted molar refractivity (Wildman–Crippen MR) is 103 cm³/mol. The summed E-state index contributed by atoms with van der Waals surface area (Å²) in [7, 11) is 6.07. The summed E-state index contributed by atoms with van der Waals surface area (Å²) in [5.74, 6) is -0.153. The van der Waals surface area contributed by atoms with E-state index < -0.39 is 17.7 Å². The van der Waals surface area contributed by atoms with E-state index in [0.29, 0.717) is 28.4 Å². The van der Waals surface area contributed by atoms with Crippen molar-refractivity contribution in [2.45, 2.75) is 6.04 Å². The minimum atomic E-state index is -0.740. The van der Waals surface area contributed by atoms with E-state index in [-0.39, 0.29) is 11.3 Å². The lowest BCUT2D eigenvalue weighted by Crippen LogP contribution is -2.24. The molecule has 28 heavy (non-hydrogen) atoms. The maximum Gasteiger partial charge on any atom is 0.295 e. The number of likely N-dealkylation sites (tertiary alicyclic amines) is 1. The first-order valence-electron chi connectivity index (χ1n) is 8.53. The molecule has 1 unspecified atom stereocenters. The van der Waals surface area contributed by atoms with Crippen molar-refractivity contribution in [3.8, 4) is 17.2 Å². The van der Waals surface area contributed by atoms with Gasteiger partial charge in [-0.2, -0.15) is 0 Å². The predicted octanol–water partition coefficient (Wildman–Crippen LogP) is 2.76. The second-order valence-corrected chi connectivity index (χ2v) is 6.25. The SMILES string of the molecule is COc1ccc(C2C(=C(O)c3ccc(OC)c(OC)c3)C(=O)C(=O)N2C)cc1. The summed E-state index contributed by atoms with van der Waals surface area (Å²) in [5.41, 5.74) is 1.05. The van der Waals surface area contributed by atoms with Crippen molar-refractivity contribution in [1.82, 2.24) is 4.90 Å². The van der Waals surface area contributed by atoms with Gasteiger partial charge in [-0.3, -0.25) is 9.59 Å². The van der Waals surface area contributed by atoms with Crippen molar-refractivity contribution in [2.75, 3.05) is 28.4 Å². The Morgan fingerprint density at radius 3 is 2.14 bits per heavy atom. The van der Waals surface area contributed by atoms with Crippen molar-refractivity contribution in [3.05, 3.63) is 59.2 Å². The molecule has 0 bridgehead atoms. The van der Waals surface area contributed by atoms with Crippen molar-refractivity contribution in [1.29, 1.82) is 0 Å². The molecule has 2 aromatic carbocycles. The molecule has 0 aromatic heterocycles. The topological polar surface area (TPSA) is 85.3 Å². The molecule has 1 aliphatic rings. The van der Waals surface area contributed by atoms with Crippen LogP contribution in [0.4, 0.5) is 0 Å². The standard InChI is InChI=1S/C21H21NO6/c1-22-18(12-5-8-14(26-2)9-6-12)17(20(24)21(22)25)19(23)13-7-10-15(27-3)16(11-13)28-4/h5-11,18,23H,1-4H3. The molecule has 1 aliphatic heterocycles. The maximum atomic E-state index is 12.6. The number of aliphatic hydroxyl groups excluding tert-OH is 1. The highest BCUT2D eigenvalue weighted by atomic mass is 16.5. The molecule has 1 heterocycles. The minimum Gasteiger partial charge on any atom is -0.507 e. The largest absolute Gasteiger partial charge is 0.507 e. The number of amides is 1. The summed E-state index contributed by atoms with van der Waals surface area (Å²) in [6, 6.07) is 11.1. The number of hydrogen-bond donors (Lipinski definition) is 1. The Kier molecular flexibility index (Phi) is 5.26. The third-order valence-electron chi connectivity index (χ3n) is 4.76. The number of carbonyl (C=O) groups is 2. The molecule has 1 amide bonds. The van der Waals surface area contributed by atoms with Crippen molar-refractivity contribution >= 4 is 17.4 Å². The monoisotopic (exact) mass is 383 g/mol. The Balaban J connectivity index is 2.14. The second-order valence-electron chi connectivity index (χ2n) is 6.25. The fourth-order valence-electron chi connectivity index (χ4n) is 3.26. The van der Waals surface area contributed by atoms with Gasteiger partial charge in [0.25, 0.3) is 11.7 Å². The van der Waals surface area contributed by atoms with E-state index in [1.165, 1.54) is 26.2 Å². The number of ether oxygens (including phenoxy) is 3. The number of Topliss-reactive ketones (excluding diaryl/α,β-unsaturated/α-hetero) is 1. The van der Waals surface area contributed by atoms with Gasteiger partial charge in [0.1, 0.15) is 11.5 Å². The first-order chi connectivity index (χ1) is 13.4. The summed E-state index contributed by atoms with van der Waals surface area (Å²) in [6.07, 6.45) is 0. The third-order valence-corrected chi connectivity index (χ3v) is 4.76. The highest BCUT2D eigenvalue weighted by Gasteiger charge is 2.44. The molecule has 1 saturated heterocycles. The van der Waals surface area contributed by atoms with E-state index in [1.54, 1.807) is 49.6 Å². The molecule has 146 valence electrons. The van der Waals surface area contributed by atoms with Crippen LogP contribution in [0.5, 0.6) is 17.2 Å². The first-order valence-corrected chi connectivity index (χ1v) is 8.53. The molecule has 2 aromatic rings. The zero-order chi connectivity index (χ0) is 20.4. The number of aliphatic hydroxyl groups is 1. The van der Waals surface area contributed by atoms with Gasteiger partial charge in [0.05, 0.1) is 32.9 Å². The zero-order valence-corrected chi connectivity index (χ0v) is 16.1. The van der Waals surface area contributed by atoms with Crippen LogP contribution in [0, 0.1) is 0 Å². The lowest BCUT2D eigenvalue weighted by Gasteiger charge is -2.21. The van der Waals surface area contributed by atoms with Crippen LogP contribution in [0.3, 0.4) is 0 Å². The lowest BCUT2D eigenvalue weighted by molar-refractivity contribution is -0.139. The van der Waals surface area contributed by atoms with Gasteiger partial charge in [-0.1, -0.05) is 12.1 Å². The number of benzene rings is 2. The molecular formula is C21H21NO6. The van der Waals surface area contributed by atoms with Crippen LogP contribution in [-0.4, -0.2) is 50.1 Å². The van der Waals surface area contributed by atoms with Crippen LogP contribution in [0.15, 0.2) is 48.0 Å². The number of nitrogens with zero attached hydrogens (tertiary/aromatic N) is 1. The smallest absolute Gasteiger partial charge is 0.295 e. The Hall–Kier alpha value is -3.48. The maximum absolute atomic E-state index is 12.6. The molecule has 7 heteroatoms.